The Hall–Kier alpha value is -2.23. The van der Waals surface area contributed by atoms with Crippen molar-refractivity contribution in [3.05, 3.63) is 65.2 Å². The number of hydrogen-bond donors (Lipinski definition) is 0. The molecule has 0 saturated carbocycles. The Morgan fingerprint density at radius 2 is 1.79 bits per heavy atom. The Bertz CT molecular complexity index is 632. The number of fused-ring (bicyclic) bond motifs is 1. The molecule has 1 heterocycles. The third-order valence-corrected chi connectivity index (χ3v) is 3.16. The number of benzene rings is 2. The first-order chi connectivity index (χ1) is 9.15. The molecule has 0 aliphatic carbocycles. The van der Waals surface area contributed by atoms with Gasteiger partial charge in [0.05, 0.1) is 5.92 Å². The van der Waals surface area contributed by atoms with Gasteiger partial charge in [-0.15, -0.1) is 0 Å². The number of para-hydroxylation sites is 1. The molecule has 3 rings (SSSR count). The maximum Gasteiger partial charge on any atom is 0.174 e. The van der Waals surface area contributed by atoms with Gasteiger partial charge in [-0.25, -0.2) is 8.78 Å². The van der Waals surface area contributed by atoms with Crippen LogP contribution in [-0.2, 0) is 0 Å². The van der Waals surface area contributed by atoms with E-state index in [1.807, 2.05) is 6.07 Å². The zero-order chi connectivity index (χ0) is 13.4. The fourth-order valence-corrected chi connectivity index (χ4v) is 2.28. The monoisotopic (exact) mass is 260 g/mol. The van der Waals surface area contributed by atoms with E-state index in [4.69, 9.17) is 4.74 Å². The number of carbonyl (C=O) groups excluding carboxylic acids is 1. The number of rotatable bonds is 2. The minimum Gasteiger partial charge on any atom is -0.492 e. The van der Waals surface area contributed by atoms with E-state index in [-0.39, 0.29) is 18.0 Å². The summed E-state index contributed by atoms with van der Waals surface area (Å²) in [6.45, 7) is 0.205. The molecule has 0 radical (unpaired) electrons. The minimum atomic E-state index is -0.754. The van der Waals surface area contributed by atoms with Gasteiger partial charge in [-0.1, -0.05) is 18.2 Å². The van der Waals surface area contributed by atoms with Gasteiger partial charge < -0.3 is 4.74 Å². The van der Waals surface area contributed by atoms with Crippen molar-refractivity contribution in [2.24, 2.45) is 0 Å². The Morgan fingerprint density at radius 1 is 1.11 bits per heavy atom. The molecule has 4 heteroatoms. The number of ketones is 1. The molecule has 2 aromatic rings. The normalized spacial score (nSPS) is 16.8. The Balaban J connectivity index is 1.98. The van der Waals surface area contributed by atoms with E-state index in [2.05, 4.69) is 0 Å². The van der Waals surface area contributed by atoms with Gasteiger partial charge in [0.2, 0.25) is 0 Å². The Morgan fingerprint density at radius 3 is 2.53 bits per heavy atom. The molecule has 2 aromatic carbocycles. The molecular formula is C15H10F2O2. The average molecular weight is 260 g/mol. The van der Waals surface area contributed by atoms with E-state index in [0.717, 1.165) is 23.8 Å². The van der Waals surface area contributed by atoms with Crippen LogP contribution in [0.15, 0.2) is 42.5 Å². The maximum atomic E-state index is 13.1. The Labute approximate surface area is 108 Å². The molecule has 96 valence electrons. The molecule has 0 fully saturated rings. The lowest BCUT2D eigenvalue weighted by atomic mass is 9.92. The molecule has 0 spiro atoms. The van der Waals surface area contributed by atoms with Crippen LogP contribution in [0.2, 0.25) is 0 Å². The lowest BCUT2D eigenvalue weighted by Gasteiger charge is -2.08. The fourth-order valence-electron chi connectivity index (χ4n) is 2.28. The summed E-state index contributed by atoms with van der Waals surface area (Å²) in [7, 11) is 0. The molecule has 1 aliphatic rings. The number of halogens is 2. The quantitative estimate of drug-likeness (QED) is 0.774. The third-order valence-electron chi connectivity index (χ3n) is 3.16. The highest BCUT2D eigenvalue weighted by molar-refractivity contribution is 6.01. The van der Waals surface area contributed by atoms with Crippen molar-refractivity contribution in [1.29, 1.82) is 0 Å². The first-order valence-electron chi connectivity index (χ1n) is 5.87. The van der Waals surface area contributed by atoms with Gasteiger partial charge >= 0.3 is 0 Å². The predicted molar refractivity (Wildman–Crippen MR) is 65.4 cm³/mol. The van der Waals surface area contributed by atoms with E-state index >= 15 is 0 Å². The lowest BCUT2D eigenvalue weighted by Crippen LogP contribution is -2.14. The van der Waals surface area contributed by atoms with Crippen LogP contribution in [0.25, 0.3) is 0 Å². The SMILES string of the molecule is O=C(c1cc(F)cc(F)c1)C1COc2ccccc21. The highest BCUT2D eigenvalue weighted by atomic mass is 19.1. The van der Waals surface area contributed by atoms with Crippen LogP contribution in [0.5, 0.6) is 5.75 Å². The van der Waals surface area contributed by atoms with Gasteiger partial charge in [0.25, 0.3) is 0 Å². The van der Waals surface area contributed by atoms with Crippen LogP contribution in [0.1, 0.15) is 21.8 Å². The summed E-state index contributed by atoms with van der Waals surface area (Å²) < 4.78 is 31.7. The van der Waals surface area contributed by atoms with Crippen LogP contribution in [0, 0.1) is 11.6 Å². The van der Waals surface area contributed by atoms with E-state index in [1.54, 1.807) is 18.2 Å². The van der Waals surface area contributed by atoms with E-state index in [9.17, 15) is 13.6 Å². The summed E-state index contributed by atoms with van der Waals surface area (Å²) in [5.74, 6) is -1.69. The van der Waals surface area contributed by atoms with Gasteiger partial charge in [-0.3, -0.25) is 4.79 Å². The van der Waals surface area contributed by atoms with Crippen LogP contribution < -0.4 is 4.74 Å². The third kappa shape index (κ3) is 2.10. The molecular weight excluding hydrogens is 250 g/mol. The van der Waals surface area contributed by atoms with Crippen molar-refractivity contribution in [3.8, 4) is 5.75 Å². The molecule has 0 aromatic heterocycles. The first kappa shape index (κ1) is 11.8. The smallest absolute Gasteiger partial charge is 0.174 e. The van der Waals surface area contributed by atoms with Crippen LogP contribution >= 0.6 is 0 Å². The van der Waals surface area contributed by atoms with Gasteiger partial charge in [-0.05, 0) is 18.2 Å². The van der Waals surface area contributed by atoms with Gasteiger partial charge in [-0.2, -0.15) is 0 Å². The molecule has 1 unspecified atom stereocenters. The van der Waals surface area contributed by atoms with E-state index in [0.29, 0.717) is 5.75 Å². The predicted octanol–water partition coefficient (Wildman–Crippen LogP) is 3.32. The second-order valence-corrected chi connectivity index (χ2v) is 4.42. The minimum absolute atomic E-state index is 0.0304. The number of ether oxygens (including phenoxy) is 1. The fraction of sp³-hybridized carbons (Fsp3) is 0.133. The van der Waals surface area contributed by atoms with Crippen molar-refractivity contribution in [3.63, 3.8) is 0 Å². The van der Waals surface area contributed by atoms with E-state index in [1.165, 1.54) is 0 Å². The second kappa shape index (κ2) is 4.46. The van der Waals surface area contributed by atoms with Crippen molar-refractivity contribution in [1.82, 2.24) is 0 Å². The summed E-state index contributed by atoms with van der Waals surface area (Å²) in [6, 6.07) is 10.0. The summed E-state index contributed by atoms with van der Waals surface area (Å²) >= 11 is 0. The molecule has 1 atom stereocenters. The standard InChI is InChI=1S/C15H10F2O2/c16-10-5-9(6-11(17)7-10)15(18)13-8-19-14-4-2-1-3-12(13)14/h1-7,13H,8H2. The molecule has 1 aliphatic heterocycles. The van der Waals surface area contributed by atoms with Crippen LogP contribution in [-0.4, -0.2) is 12.4 Å². The molecule has 0 saturated heterocycles. The topological polar surface area (TPSA) is 26.3 Å². The van der Waals surface area contributed by atoms with Crippen LogP contribution in [0.4, 0.5) is 8.78 Å². The van der Waals surface area contributed by atoms with Gasteiger partial charge in [0, 0.05) is 17.2 Å². The van der Waals surface area contributed by atoms with Crippen molar-refractivity contribution in [2.75, 3.05) is 6.61 Å². The number of carbonyl (C=O) groups is 1. The zero-order valence-electron chi connectivity index (χ0n) is 9.90. The summed E-state index contributed by atoms with van der Waals surface area (Å²) in [5, 5.41) is 0. The maximum absolute atomic E-state index is 13.1. The molecule has 0 amide bonds. The van der Waals surface area contributed by atoms with Gasteiger partial charge in [0.15, 0.2) is 5.78 Å². The first-order valence-corrected chi connectivity index (χ1v) is 5.87. The van der Waals surface area contributed by atoms with Crippen molar-refractivity contribution >= 4 is 5.78 Å². The molecule has 19 heavy (non-hydrogen) atoms. The number of Topliss-reactive ketones (excluding diaryl/α,β-unsaturated/α-hetero) is 1. The summed E-state index contributed by atoms with van der Waals surface area (Å²) in [6.07, 6.45) is 0. The summed E-state index contributed by atoms with van der Waals surface area (Å²) in [4.78, 5) is 12.3. The zero-order valence-corrected chi connectivity index (χ0v) is 9.90. The molecule has 0 bridgehead atoms. The average Bonchev–Trinajstić information content (AvgIpc) is 2.80. The van der Waals surface area contributed by atoms with Crippen LogP contribution in [0.3, 0.4) is 0 Å². The highest BCUT2D eigenvalue weighted by Crippen LogP contribution is 2.35. The van der Waals surface area contributed by atoms with Gasteiger partial charge in [0.1, 0.15) is 24.0 Å². The molecule has 2 nitrogen and oxygen atoms in total. The second-order valence-electron chi connectivity index (χ2n) is 4.42. The van der Waals surface area contributed by atoms with E-state index < -0.39 is 17.6 Å². The lowest BCUT2D eigenvalue weighted by molar-refractivity contribution is 0.0946. The molecule has 0 N–H and O–H groups in total. The Kier molecular flexibility index (Phi) is 2.78. The summed E-state index contributed by atoms with van der Waals surface area (Å²) in [5.41, 5.74) is 0.792. The van der Waals surface area contributed by atoms with Crippen molar-refractivity contribution < 1.29 is 18.3 Å². The largest absolute Gasteiger partial charge is 0.492 e. The van der Waals surface area contributed by atoms with Crippen molar-refractivity contribution in [2.45, 2.75) is 5.92 Å². The highest BCUT2D eigenvalue weighted by Gasteiger charge is 2.31. The number of hydrogen-bond acceptors (Lipinski definition) is 2.